The summed E-state index contributed by atoms with van der Waals surface area (Å²) in [4.78, 5) is 31.6. The van der Waals surface area contributed by atoms with E-state index in [2.05, 4.69) is 27.7 Å². The Kier molecular flexibility index (Phi) is 9.00. The summed E-state index contributed by atoms with van der Waals surface area (Å²) in [5.41, 5.74) is 7.45. The third-order valence-corrected chi connectivity index (χ3v) is 4.41. The van der Waals surface area contributed by atoms with Crippen LogP contribution < -0.4 is 10.9 Å². The highest BCUT2D eigenvalue weighted by atomic mass is 16.5. The Labute approximate surface area is 169 Å². The van der Waals surface area contributed by atoms with Gasteiger partial charge in [-0.2, -0.15) is 0 Å². The number of aliphatic hydroxyl groups excluding tert-OH is 1. The average Bonchev–Trinajstić information content (AvgIpc) is 2.77. The lowest BCUT2D eigenvalue weighted by atomic mass is 10.0. The summed E-state index contributed by atoms with van der Waals surface area (Å²) in [6.07, 6.45) is 5.15. The third kappa shape index (κ3) is 7.13. The van der Waals surface area contributed by atoms with Gasteiger partial charge in [0.25, 0.3) is 0 Å². The van der Waals surface area contributed by atoms with Crippen molar-refractivity contribution in [3.05, 3.63) is 42.1 Å². The van der Waals surface area contributed by atoms with Crippen LogP contribution in [0.1, 0.15) is 38.2 Å². The number of hydrogen-bond donors (Lipinski definition) is 4. The maximum Gasteiger partial charge on any atom is 0.243 e. The molecular weight excluding hydrogens is 374 g/mol. The quantitative estimate of drug-likeness (QED) is 0.186. The minimum absolute atomic E-state index is 0.0673. The van der Waals surface area contributed by atoms with Crippen LogP contribution in [-0.2, 0) is 16.2 Å². The summed E-state index contributed by atoms with van der Waals surface area (Å²) in [5.74, 6) is -0.722. The van der Waals surface area contributed by atoms with Gasteiger partial charge in [0, 0.05) is 11.8 Å². The van der Waals surface area contributed by atoms with Crippen LogP contribution >= 0.6 is 0 Å². The summed E-state index contributed by atoms with van der Waals surface area (Å²) in [6, 6.07) is 9.05. The molecule has 0 saturated heterocycles. The molecule has 0 spiro atoms. The van der Waals surface area contributed by atoms with Crippen LogP contribution in [0.4, 0.5) is 5.95 Å². The monoisotopic (exact) mass is 401 g/mol. The van der Waals surface area contributed by atoms with E-state index in [1.807, 2.05) is 24.3 Å². The van der Waals surface area contributed by atoms with Crippen molar-refractivity contribution in [2.75, 3.05) is 12.0 Å². The van der Waals surface area contributed by atoms with E-state index in [0.717, 1.165) is 30.4 Å². The number of hydroxylamine groups is 2. The number of unbranched alkanes of at least 4 members (excludes halogenated alkanes) is 2. The van der Waals surface area contributed by atoms with E-state index in [-0.39, 0.29) is 31.4 Å². The molecule has 9 heteroatoms. The average molecular weight is 401 g/mol. The van der Waals surface area contributed by atoms with E-state index in [0.29, 0.717) is 17.2 Å². The molecule has 1 heterocycles. The largest absolute Gasteiger partial charge is 0.392 e. The van der Waals surface area contributed by atoms with Crippen molar-refractivity contribution in [3.63, 3.8) is 0 Å². The number of anilines is 1. The lowest BCUT2D eigenvalue weighted by Gasteiger charge is -2.19. The molecule has 1 aromatic carbocycles. The Balaban J connectivity index is 2.02. The summed E-state index contributed by atoms with van der Waals surface area (Å²) in [7, 11) is 0. The molecule has 1 aromatic heterocycles. The fraction of sp³-hybridized carbons (Fsp3) is 0.400. The van der Waals surface area contributed by atoms with Gasteiger partial charge in [-0.15, -0.1) is 0 Å². The highest BCUT2D eigenvalue weighted by Crippen LogP contribution is 2.19. The summed E-state index contributed by atoms with van der Waals surface area (Å²) >= 11 is 0. The topological polar surface area (TPSA) is 128 Å². The molecule has 9 nitrogen and oxygen atoms in total. The van der Waals surface area contributed by atoms with Crippen molar-refractivity contribution >= 4 is 18.3 Å². The van der Waals surface area contributed by atoms with Gasteiger partial charge in [0.1, 0.15) is 0 Å². The molecular formula is C20H27N5O4. The molecule has 0 saturated carbocycles. The Morgan fingerprint density at radius 3 is 2.86 bits per heavy atom. The van der Waals surface area contributed by atoms with Gasteiger partial charge < -0.3 is 5.11 Å². The fourth-order valence-electron chi connectivity index (χ4n) is 2.84. The molecule has 0 aliphatic carbocycles. The van der Waals surface area contributed by atoms with Crippen molar-refractivity contribution < 1.29 is 19.9 Å². The van der Waals surface area contributed by atoms with Crippen molar-refractivity contribution in [1.29, 1.82) is 0 Å². The first-order valence-electron chi connectivity index (χ1n) is 9.57. The number of hydrazine groups is 1. The first kappa shape index (κ1) is 22.3. The minimum atomic E-state index is -0.561. The van der Waals surface area contributed by atoms with E-state index in [1.165, 1.54) is 0 Å². The van der Waals surface area contributed by atoms with Gasteiger partial charge in [-0.3, -0.25) is 25.6 Å². The van der Waals surface area contributed by atoms with Gasteiger partial charge in [-0.05, 0) is 24.1 Å². The lowest BCUT2D eigenvalue weighted by molar-refractivity contribution is -0.154. The van der Waals surface area contributed by atoms with Gasteiger partial charge in [0.2, 0.25) is 18.3 Å². The van der Waals surface area contributed by atoms with Crippen molar-refractivity contribution in [2.45, 2.75) is 39.2 Å². The molecule has 156 valence electrons. The van der Waals surface area contributed by atoms with Crippen molar-refractivity contribution in [1.82, 2.24) is 20.5 Å². The number of carbonyl (C=O) groups excluding carboxylic acids is 2. The molecule has 0 aliphatic heterocycles. The highest BCUT2D eigenvalue weighted by Gasteiger charge is 2.20. The molecule has 0 unspecified atom stereocenters. The number of nitrogens with one attached hydrogen (secondary N) is 2. The van der Waals surface area contributed by atoms with Gasteiger partial charge in [-0.25, -0.2) is 15.0 Å². The molecule has 0 radical (unpaired) electrons. The number of aliphatic hydroxyl groups is 1. The number of benzene rings is 1. The fourth-order valence-corrected chi connectivity index (χ4v) is 2.84. The summed E-state index contributed by atoms with van der Waals surface area (Å²) < 4.78 is 0. The Bertz CT molecular complexity index is 802. The molecule has 0 fully saturated rings. The van der Waals surface area contributed by atoms with Gasteiger partial charge in [0.15, 0.2) is 0 Å². The van der Waals surface area contributed by atoms with E-state index in [1.54, 1.807) is 12.3 Å². The molecule has 0 bridgehead atoms. The second kappa shape index (κ2) is 11.7. The number of hydrogen-bond acceptors (Lipinski definition) is 7. The van der Waals surface area contributed by atoms with Crippen LogP contribution in [0.25, 0.3) is 11.3 Å². The zero-order valence-corrected chi connectivity index (χ0v) is 16.4. The van der Waals surface area contributed by atoms with Crippen LogP contribution in [0, 0.1) is 5.92 Å². The van der Waals surface area contributed by atoms with Crippen LogP contribution in [0.5, 0.6) is 0 Å². The zero-order chi connectivity index (χ0) is 21.1. The zero-order valence-electron chi connectivity index (χ0n) is 16.4. The molecule has 1 atom stereocenters. The van der Waals surface area contributed by atoms with Crippen molar-refractivity contribution in [3.8, 4) is 11.3 Å². The number of amides is 2. The normalized spacial score (nSPS) is 11.6. The molecule has 2 amide bonds. The van der Waals surface area contributed by atoms with Gasteiger partial charge in [0.05, 0.1) is 24.8 Å². The van der Waals surface area contributed by atoms with Crippen LogP contribution in [0.3, 0.4) is 0 Å². The molecule has 4 N–H and O–H groups in total. The van der Waals surface area contributed by atoms with Crippen LogP contribution in [0.2, 0.25) is 0 Å². The predicted octanol–water partition coefficient (Wildman–Crippen LogP) is 2.12. The number of nitrogens with zero attached hydrogens (tertiary/aromatic N) is 3. The summed E-state index contributed by atoms with van der Waals surface area (Å²) in [5, 5.41) is 19.2. The Morgan fingerprint density at radius 2 is 2.14 bits per heavy atom. The Morgan fingerprint density at radius 1 is 1.31 bits per heavy atom. The molecule has 0 aliphatic rings. The van der Waals surface area contributed by atoms with Crippen LogP contribution in [0.15, 0.2) is 36.5 Å². The van der Waals surface area contributed by atoms with Crippen LogP contribution in [-0.4, -0.2) is 44.2 Å². The number of carbonyl (C=O) groups is 2. The maximum atomic E-state index is 12.5. The predicted molar refractivity (Wildman–Crippen MR) is 107 cm³/mol. The molecule has 29 heavy (non-hydrogen) atoms. The van der Waals surface area contributed by atoms with Crippen molar-refractivity contribution in [2.24, 2.45) is 5.92 Å². The highest BCUT2D eigenvalue weighted by molar-refractivity contribution is 5.80. The summed E-state index contributed by atoms with van der Waals surface area (Å²) in [6.45, 7) is 1.90. The minimum Gasteiger partial charge on any atom is -0.392 e. The number of rotatable bonds is 12. The second-order valence-corrected chi connectivity index (χ2v) is 6.66. The van der Waals surface area contributed by atoms with E-state index < -0.39 is 5.92 Å². The van der Waals surface area contributed by atoms with E-state index in [9.17, 15) is 19.9 Å². The SMILES string of the molecule is CCCCC[C@H](CN(O)C=O)C(=O)NNc1nccc(-c2cccc(CO)c2)n1. The lowest BCUT2D eigenvalue weighted by Crippen LogP contribution is -2.40. The van der Waals surface area contributed by atoms with Gasteiger partial charge >= 0.3 is 0 Å². The standard InChI is InChI=1S/C20H27N5O4/c1-2-3-4-7-17(12-25(29)14-27)19(28)23-24-20-21-10-9-18(22-20)16-8-5-6-15(11-16)13-26/h5-6,8-11,14,17,26,29H,2-4,7,12-13H2,1H3,(H,23,28)(H,21,22,24)/t17-/m1/s1. The van der Waals surface area contributed by atoms with Gasteiger partial charge in [-0.1, -0.05) is 44.4 Å². The van der Waals surface area contributed by atoms with E-state index >= 15 is 0 Å². The first-order chi connectivity index (χ1) is 14.1. The third-order valence-electron chi connectivity index (χ3n) is 4.41. The first-order valence-corrected chi connectivity index (χ1v) is 9.57. The van der Waals surface area contributed by atoms with E-state index in [4.69, 9.17) is 0 Å². The molecule has 2 rings (SSSR count). The smallest absolute Gasteiger partial charge is 0.243 e. The second-order valence-electron chi connectivity index (χ2n) is 6.66. The molecule has 2 aromatic rings. The number of aromatic nitrogens is 2. The Hall–Kier alpha value is -3.04. The maximum absolute atomic E-state index is 12.5.